The van der Waals surface area contributed by atoms with Crippen LogP contribution < -0.4 is 4.74 Å². The van der Waals surface area contributed by atoms with Crippen molar-refractivity contribution in [1.82, 2.24) is 9.78 Å². The van der Waals surface area contributed by atoms with Gasteiger partial charge in [-0.05, 0) is 50.8 Å². The lowest BCUT2D eigenvalue weighted by molar-refractivity contribution is -0.222. The van der Waals surface area contributed by atoms with Gasteiger partial charge in [-0.3, -0.25) is 0 Å². The molecule has 1 saturated carbocycles. The molecular weight excluding hydrogens is 348 g/mol. The summed E-state index contributed by atoms with van der Waals surface area (Å²) >= 11 is 0. The molecule has 0 amide bonds. The van der Waals surface area contributed by atoms with Crippen LogP contribution in [0.15, 0.2) is 54.6 Å². The lowest BCUT2D eigenvalue weighted by atomic mass is 9.61. The van der Waals surface area contributed by atoms with Crippen LogP contribution in [0.2, 0.25) is 0 Å². The van der Waals surface area contributed by atoms with Crippen molar-refractivity contribution >= 4 is 0 Å². The second-order valence-corrected chi connectivity index (χ2v) is 8.33. The molecule has 1 N–H and O–H groups in total. The van der Waals surface area contributed by atoms with E-state index in [0.29, 0.717) is 12.3 Å². The third kappa shape index (κ3) is 2.44. The molecule has 0 spiro atoms. The molecule has 0 saturated heterocycles. The minimum absolute atomic E-state index is 0.425. The summed E-state index contributed by atoms with van der Waals surface area (Å²) < 4.78 is 8.33. The summed E-state index contributed by atoms with van der Waals surface area (Å²) in [5.74, 6) is -0.522. The fourth-order valence-corrected chi connectivity index (χ4v) is 5.00. The molecular formula is C24H26N2O2. The summed E-state index contributed by atoms with van der Waals surface area (Å²) in [6, 6.07) is 18.6. The van der Waals surface area contributed by atoms with Crippen LogP contribution in [0, 0.1) is 13.8 Å². The Morgan fingerprint density at radius 2 is 1.68 bits per heavy atom. The van der Waals surface area contributed by atoms with Gasteiger partial charge in [0.1, 0.15) is 0 Å². The lowest BCUT2D eigenvalue weighted by Crippen LogP contribution is -2.61. The van der Waals surface area contributed by atoms with E-state index in [9.17, 15) is 5.11 Å². The van der Waals surface area contributed by atoms with Gasteiger partial charge in [-0.15, -0.1) is 0 Å². The number of hydrogen-bond acceptors (Lipinski definition) is 3. The second kappa shape index (κ2) is 6.21. The van der Waals surface area contributed by atoms with Crippen molar-refractivity contribution in [3.63, 3.8) is 0 Å². The number of aliphatic hydroxyl groups is 1. The Kier molecular flexibility index (Phi) is 3.88. The highest BCUT2D eigenvalue weighted by atomic mass is 16.6. The molecule has 4 nitrogen and oxygen atoms in total. The number of ether oxygens (including phenoxy) is 1. The molecule has 3 aromatic rings. The first kappa shape index (κ1) is 17.5. The molecule has 144 valence electrons. The van der Waals surface area contributed by atoms with Crippen LogP contribution in [0.25, 0.3) is 5.69 Å². The fourth-order valence-electron chi connectivity index (χ4n) is 5.00. The zero-order chi connectivity index (χ0) is 19.4. The van der Waals surface area contributed by atoms with Gasteiger partial charge in [-0.25, -0.2) is 4.68 Å². The van der Waals surface area contributed by atoms with Gasteiger partial charge in [-0.1, -0.05) is 54.4 Å². The highest BCUT2D eigenvalue weighted by Gasteiger charge is 2.58. The Balaban J connectivity index is 1.67. The van der Waals surface area contributed by atoms with E-state index >= 15 is 0 Å². The largest absolute Gasteiger partial charge is 0.444 e. The molecule has 1 fully saturated rings. The van der Waals surface area contributed by atoms with Gasteiger partial charge in [-0.2, -0.15) is 5.10 Å². The van der Waals surface area contributed by atoms with Crippen LogP contribution in [0.1, 0.15) is 48.1 Å². The Bertz CT molecular complexity index is 1010. The molecule has 0 radical (unpaired) electrons. The summed E-state index contributed by atoms with van der Waals surface area (Å²) in [7, 11) is 0. The molecule has 2 aromatic carbocycles. The number of aryl methyl sites for hydroxylation is 2. The number of hydrogen-bond donors (Lipinski definition) is 1. The van der Waals surface area contributed by atoms with Crippen LogP contribution in [-0.2, 0) is 11.8 Å². The van der Waals surface area contributed by atoms with Gasteiger partial charge < -0.3 is 9.84 Å². The van der Waals surface area contributed by atoms with Crippen LogP contribution in [-0.4, -0.2) is 20.7 Å². The Morgan fingerprint density at radius 3 is 2.43 bits per heavy atom. The summed E-state index contributed by atoms with van der Waals surface area (Å²) in [4.78, 5) is 0. The molecule has 2 heterocycles. The molecule has 1 aromatic heterocycles. The van der Waals surface area contributed by atoms with E-state index in [0.717, 1.165) is 48.2 Å². The van der Waals surface area contributed by atoms with Gasteiger partial charge in [0.05, 0.1) is 16.8 Å². The Hall–Kier alpha value is -2.59. The quantitative estimate of drug-likeness (QED) is 0.712. The first-order valence-corrected chi connectivity index (χ1v) is 10.1. The van der Waals surface area contributed by atoms with E-state index in [-0.39, 0.29) is 0 Å². The van der Waals surface area contributed by atoms with Crippen molar-refractivity contribution in [3.05, 3.63) is 77.0 Å². The molecule has 1 aliphatic heterocycles. The fraction of sp³-hybridized carbons (Fsp3) is 0.375. The predicted octanol–water partition coefficient (Wildman–Crippen LogP) is 4.62. The van der Waals surface area contributed by atoms with E-state index in [1.165, 1.54) is 5.56 Å². The third-order valence-corrected chi connectivity index (χ3v) is 6.60. The molecule has 2 aliphatic rings. The number of benzene rings is 2. The average molecular weight is 374 g/mol. The van der Waals surface area contributed by atoms with Crippen molar-refractivity contribution < 1.29 is 9.84 Å². The summed E-state index contributed by atoms with van der Waals surface area (Å²) in [5.41, 5.74) is 4.98. The maximum Gasteiger partial charge on any atom is 0.222 e. The van der Waals surface area contributed by atoms with Crippen LogP contribution in [0.3, 0.4) is 0 Å². The molecule has 5 rings (SSSR count). The van der Waals surface area contributed by atoms with Crippen molar-refractivity contribution in [2.75, 3.05) is 0 Å². The predicted molar refractivity (Wildman–Crippen MR) is 109 cm³/mol. The lowest BCUT2D eigenvalue weighted by Gasteiger charge is -2.52. The zero-order valence-corrected chi connectivity index (χ0v) is 16.5. The summed E-state index contributed by atoms with van der Waals surface area (Å²) in [6.07, 6.45) is 4.38. The van der Waals surface area contributed by atoms with Crippen LogP contribution in [0.4, 0.5) is 0 Å². The summed E-state index contributed by atoms with van der Waals surface area (Å²) in [5, 5.41) is 16.6. The molecule has 28 heavy (non-hydrogen) atoms. The standard InChI is InChI=1S/C24H26N2O2/c1-17-10-12-20(13-11-17)26-22-21(18(2)25-26)16-23(19-8-4-3-5-9-19)14-6-7-15-24(23,27)28-22/h3-5,8-13,27H,6-7,14-16H2,1-2H3/t23-,24+/m1/s1. The Morgan fingerprint density at radius 1 is 0.964 bits per heavy atom. The third-order valence-electron chi connectivity index (χ3n) is 6.60. The topological polar surface area (TPSA) is 47.3 Å². The smallest absolute Gasteiger partial charge is 0.222 e. The minimum Gasteiger partial charge on any atom is -0.444 e. The van der Waals surface area contributed by atoms with E-state index < -0.39 is 11.2 Å². The number of nitrogens with zero attached hydrogens (tertiary/aromatic N) is 2. The van der Waals surface area contributed by atoms with Crippen LogP contribution in [0.5, 0.6) is 5.88 Å². The van der Waals surface area contributed by atoms with E-state index in [4.69, 9.17) is 9.84 Å². The average Bonchev–Trinajstić information content (AvgIpc) is 3.02. The zero-order valence-electron chi connectivity index (χ0n) is 16.5. The van der Waals surface area contributed by atoms with E-state index in [2.05, 4.69) is 55.5 Å². The number of rotatable bonds is 2. The van der Waals surface area contributed by atoms with Crippen molar-refractivity contribution in [1.29, 1.82) is 0 Å². The summed E-state index contributed by atoms with van der Waals surface area (Å²) in [6.45, 7) is 4.11. The molecule has 0 bridgehead atoms. The van der Waals surface area contributed by atoms with Gasteiger partial charge in [0, 0.05) is 12.0 Å². The minimum atomic E-state index is -1.21. The molecule has 4 heteroatoms. The monoisotopic (exact) mass is 374 g/mol. The Labute approximate surface area is 165 Å². The van der Waals surface area contributed by atoms with E-state index in [1.54, 1.807) is 0 Å². The van der Waals surface area contributed by atoms with Gasteiger partial charge >= 0.3 is 0 Å². The highest BCUT2D eigenvalue weighted by Crippen LogP contribution is 2.54. The molecule has 0 unspecified atom stereocenters. The molecule has 2 atom stereocenters. The van der Waals surface area contributed by atoms with E-state index in [1.807, 2.05) is 17.7 Å². The van der Waals surface area contributed by atoms with Crippen molar-refractivity contribution in [2.24, 2.45) is 0 Å². The SMILES string of the molecule is Cc1ccc(-n2nc(C)c3c2O[C@@]2(O)CCCC[C@]2(c2ccccc2)C3)cc1. The normalized spacial score (nSPS) is 26.2. The van der Waals surface area contributed by atoms with Gasteiger partial charge in [0.25, 0.3) is 0 Å². The van der Waals surface area contributed by atoms with Gasteiger partial charge in [0.2, 0.25) is 11.7 Å². The number of aromatic nitrogens is 2. The maximum absolute atomic E-state index is 11.8. The highest BCUT2D eigenvalue weighted by molar-refractivity contribution is 5.47. The first-order valence-electron chi connectivity index (χ1n) is 10.1. The first-order chi connectivity index (χ1) is 13.5. The second-order valence-electron chi connectivity index (χ2n) is 8.33. The van der Waals surface area contributed by atoms with Crippen molar-refractivity contribution in [3.8, 4) is 11.6 Å². The van der Waals surface area contributed by atoms with Crippen molar-refractivity contribution in [2.45, 2.75) is 57.2 Å². The maximum atomic E-state index is 11.8. The van der Waals surface area contributed by atoms with Gasteiger partial charge in [0.15, 0.2) is 0 Å². The van der Waals surface area contributed by atoms with Crippen LogP contribution >= 0.6 is 0 Å². The molecule has 1 aliphatic carbocycles. The number of fused-ring (bicyclic) bond motifs is 2.